The van der Waals surface area contributed by atoms with Gasteiger partial charge in [0.2, 0.25) is 0 Å². The van der Waals surface area contributed by atoms with E-state index in [-0.39, 0.29) is 0 Å². The lowest BCUT2D eigenvalue weighted by atomic mass is 9.75. The molecule has 0 amide bonds. The molecule has 0 radical (unpaired) electrons. The summed E-state index contributed by atoms with van der Waals surface area (Å²) in [4.78, 5) is 2.46. The maximum absolute atomic E-state index is 6.28. The van der Waals surface area contributed by atoms with Crippen LogP contribution in [0.25, 0.3) is 0 Å². The highest BCUT2D eigenvalue weighted by Gasteiger charge is 2.34. The standard InChI is InChI=1S/C17H25ClN2/c1-12-9-14(7-8-20(12)2)19-15-10-13(11-15)16-5-3-4-6-17(16)18/h3-6,12-15,19H,7-11H2,1-2H3. The first-order valence-corrected chi connectivity index (χ1v) is 8.22. The second-order valence-corrected chi connectivity index (χ2v) is 7.01. The van der Waals surface area contributed by atoms with E-state index in [1.54, 1.807) is 0 Å². The Labute approximate surface area is 127 Å². The van der Waals surface area contributed by atoms with Gasteiger partial charge in [-0.1, -0.05) is 29.8 Å². The fraction of sp³-hybridized carbons (Fsp3) is 0.647. The van der Waals surface area contributed by atoms with E-state index in [0.717, 1.165) is 5.02 Å². The van der Waals surface area contributed by atoms with Crippen molar-refractivity contribution in [3.05, 3.63) is 34.9 Å². The second kappa shape index (κ2) is 6.05. The van der Waals surface area contributed by atoms with Crippen molar-refractivity contribution in [3.63, 3.8) is 0 Å². The number of halogens is 1. The minimum Gasteiger partial charge on any atom is -0.311 e. The van der Waals surface area contributed by atoms with E-state index in [0.29, 0.717) is 24.0 Å². The van der Waals surface area contributed by atoms with Gasteiger partial charge in [-0.05, 0) is 63.7 Å². The van der Waals surface area contributed by atoms with Gasteiger partial charge >= 0.3 is 0 Å². The normalized spacial score (nSPS) is 34.8. The number of benzene rings is 1. The summed E-state index contributed by atoms with van der Waals surface area (Å²) >= 11 is 6.28. The van der Waals surface area contributed by atoms with Crippen molar-refractivity contribution in [1.82, 2.24) is 10.2 Å². The Kier molecular flexibility index (Phi) is 4.34. The van der Waals surface area contributed by atoms with Crippen LogP contribution in [0.2, 0.25) is 5.02 Å². The molecule has 110 valence electrons. The van der Waals surface area contributed by atoms with Crippen molar-refractivity contribution in [1.29, 1.82) is 0 Å². The lowest BCUT2D eigenvalue weighted by Gasteiger charge is -2.42. The summed E-state index contributed by atoms with van der Waals surface area (Å²) in [5.74, 6) is 0.657. The molecule has 20 heavy (non-hydrogen) atoms. The molecule has 1 aromatic carbocycles. The molecule has 1 saturated heterocycles. The van der Waals surface area contributed by atoms with Crippen molar-refractivity contribution in [3.8, 4) is 0 Å². The van der Waals surface area contributed by atoms with Crippen molar-refractivity contribution in [2.24, 2.45) is 0 Å². The molecule has 1 heterocycles. The third-order valence-electron chi connectivity index (χ3n) is 5.16. The van der Waals surface area contributed by atoms with Crippen LogP contribution in [-0.4, -0.2) is 36.6 Å². The zero-order valence-corrected chi connectivity index (χ0v) is 13.2. The first-order chi connectivity index (χ1) is 9.63. The molecule has 0 bridgehead atoms. The SMILES string of the molecule is CC1CC(NC2CC(c3ccccc3Cl)C2)CCN1C. The van der Waals surface area contributed by atoms with Gasteiger partial charge in [0.05, 0.1) is 0 Å². The van der Waals surface area contributed by atoms with Crippen LogP contribution in [0.3, 0.4) is 0 Å². The van der Waals surface area contributed by atoms with Gasteiger partial charge in [0.25, 0.3) is 0 Å². The van der Waals surface area contributed by atoms with E-state index in [4.69, 9.17) is 11.6 Å². The van der Waals surface area contributed by atoms with E-state index in [2.05, 4.69) is 36.3 Å². The van der Waals surface area contributed by atoms with Gasteiger partial charge in [0, 0.05) is 23.1 Å². The van der Waals surface area contributed by atoms with E-state index in [1.807, 2.05) is 12.1 Å². The Morgan fingerprint density at radius 1 is 1.15 bits per heavy atom. The maximum Gasteiger partial charge on any atom is 0.0440 e. The molecule has 1 saturated carbocycles. The third kappa shape index (κ3) is 3.03. The third-order valence-corrected chi connectivity index (χ3v) is 5.51. The van der Waals surface area contributed by atoms with Crippen LogP contribution in [0.1, 0.15) is 44.1 Å². The number of piperidine rings is 1. The van der Waals surface area contributed by atoms with E-state index >= 15 is 0 Å². The number of nitrogens with one attached hydrogen (secondary N) is 1. The topological polar surface area (TPSA) is 15.3 Å². The largest absolute Gasteiger partial charge is 0.311 e. The van der Waals surface area contributed by atoms with Gasteiger partial charge in [0.1, 0.15) is 0 Å². The summed E-state index contributed by atoms with van der Waals surface area (Å²) in [6, 6.07) is 10.4. The molecule has 1 aliphatic carbocycles. The maximum atomic E-state index is 6.28. The summed E-state index contributed by atoms with van der Waals surface area (Å²) in [5.41, 5.74) is 1.34. The lowest BCUT2D eigenvalue weighted by molar-refractivity contribution is 0.147. The fourth-order valence-electron chi connectivity index (χ4n) is 3.59. The molecule has 2 unspecified atom stereocenters. The quantitative estimate of drug-likeness (QED) is 0.915. The molecule has 2 fully saturated rings. The van der Waals surface area contributed by atoms with E-state index in [1.165, 1.54) is 37.8 Å². The average Bonchev–Trinajstić information content (AvgIpc) is 2.39. The highest BCUT2D eigenvalue weighted by molar-refractivity contribution is 6.31. The van der Waals surface area contributed by atoms with Crippen molar-refractivity contribution in [2.45, 2.75) is 56.7 Å². The van der Waals surface area contributed by atoms with E-state index in [9.17, 15) is 0 Å². The molecular weight excluding hydrogens is 268 g/mol. The molecular formula is C17H25ClN2. The molecule has 2 nitrogen and oxygen atoms in total. The number of nitrogens with zero attached hydrogens (tertiary/aromatic N) is 1. The highest BCUT2D eigenvalue weighted by Crippen LogP contribution is 2.40. The Balaban J connectivity index is 1.48. The summed E-state index contributed by atoms with van der Waals surface area (Å²) in [7, 11) is 2.23. The molecule has 1 N–H and O–H groups in total. The smallest absolute Gasteiger partial charge is 0.0440 e. The Hall–Kier alpha value is -0.570. The first-order valence-electron chi connectivity index (χ1n) is 7.84. The summed E-state index contributed by atoms with van der Waals surface area (Å²) < 4.78 is 0. The number of hydrogen-bond donors (Lipinski definition) is 1. The summed E-state index contributed by atoms with van der Waals surface area (Å²) in [6.45, 7) is 3.56. The molecule has 3 heteroatoms. The van der Waals surface area contributed by atoms with Crippen LogP contribution in [0.15, 0.2) is 24.3 Å². The van der Waals surface area contributed by atoms with Gasteiger partial charge in [0.15, 0.2) is 0 Å². The van der Waals surface area contributed by atoms with Crippen molar-refractivity contribution in [2.75, 3.05) is 13.6 Å². The molecule has 0 spiro atoms. The predicted octanol–water partition coefficient (Wildman–Crippen LogP) is 3.66. The monoisotopic (exact) mass is 292 g/mol. The van der Waals surface area contributed by atoms with Crippen LogP contribution in [0.5, 0.6) is 0 Å². The minimum absolute atomic E-state index is 0.657. The van der Waals surface area contributed by atoms with Gasteiger partial charge < -0.3 is 10.2 Å². The molecule has 1 aromatic rings. The molecule has 2 atom stereocenters. The lowest BCUT2D eigenvalue weighted by Crippen LogP contribution is -2.51. The predicted molar refractivity (Wildman–Crippen MR) is 85.5 cm³/mol. The number of rotatable bonds is 3. The fourth-order valence-corrected chi connectivity index (χ4v) is 3.88. The Bertz CT molecular complexity index is 456. The Morgan fingerprint density at radius 3 is 2.60 bits per heavy atom. The highest BCUT2D eigenvalue weighted by atomic mass is 35.5. The zero-order chi connectivity index (χ0) is 14.1. The van der Waals surface area contributed by atoms with Gasteiger partial charge in [-0.3, -0.25) is 0 Å². The summed E-state index contributed by atoms with van der Waals surface area (Å²) in [5, 5.41) is 4.79. The van der Waals surface area contributed by atoms with Crippen LogP contribution >= 0.6 is 11.6 Å². The van der Waals surface area contributed by atoms with Crippen LogP contribution in [-0.2, 0) is 0 Å². The van der Waals surface area contributed by atoms with Gasteiger partial charge in [-0.25, -0.2) is 0 Å². The van der Waals surface area contributed by atoms with Crippen LogP contribution in [0, 0.1) is 0 Å². The Morgan fingerprint density at radius 2 is 1.90 bits per heavy atom. The van der Waals surface area contributed by atoms with Crippen LogP contribution < -0.4 is 5.32 Å². The van der Waals surface area contributed by atoms with Gasteiger partial charge in [-0.15, -0.1) is 0 Å². The number of hydrogen-bond acceptors (Lipinski definition) is 2. The van der Waals surface area contributed by atoms with Crippen LogP contribution in [0.4, 0.5) is 0 Å². The van der Waals surface area contributed by atoms with Crippen molar-refractivity contribution < 1.29 is 0 Å². The zero-order valence-electron chi connectivity index (χ0n) is 12.5. The minimum atomic E-state index is 0.657. The van der Waals surface area contributed by atoms with Gasteiger partial charge in [-0.2, -0.15) is 0 Å². The van der Waals surface area contributed by atoms with Crippen molar-refractivity contribution >= 4 is 11.6 Å². The summed E-state index contributed by atoms with van der Waals surface area (Å²) in [6.07, 6.45) is 5.05. The molecule has 0 aromatic heterocycles. The molecule has 2 aliphatic rings. The molecule has 1 aliphatic heterocycles. The average molecular weight is 293 g/mol. The first kappa shape index (κ1) is 14.4. The molecule has 3 rings (SSSR count). The van der Waals surface area contributed by atoms with E-state index < -0.39 is 0 Å². The number of likely N-dealkylation sites (tertiary alicyclic amines) is 1. The second-order valence-electron chi connectivity index (χ2n) is 6.60.